The van der Waals surface area contributed by atoms with Crippen LogP contribution in [0.3, 0.4) is 0 Å². The molecule has 190 valence electrons. The molecule has 3 aromatic carbocycles. The van der Waals surface area contributed by atoms with Gasteiger partial charge in [0.15, 0.2) is 0 Å². The summed E-state index contributed by atoms with van der Waals surface area (Å²) in [6.45, 7) is 5.61. The topological polar surface area (TPSA) is 86.6 Å². The number of rotatable bonds is 6. The van der Waals surface area contributed by atoms with Crippen LogP contribution in [0.4, 0.5) is 0 Å². The normalized spacial score (nSPS) is 27.1. The predicted octanol–water partition coefficient (Wildman–Crippen LogP) is 5.49. The summed E-state index contributed by atoms with van der Waals surface area (Å²) < 4.78 is 0. The van der Waals surface area contributed by atoms with Crippen LogP contribution in [0.2, 0.25) is 0 Å². The molecule has 0 aliphatic carbocycles. The van der Waals surface area contributed by atoms with E-state index in [0.717, 1.165) is 22.3 Å². The van der Waals surface area contributed by atoms with Gasteiger partial charge in [0.25, 0.3) is 0 Å². The second kappa shape index (κ2) is 10.6. The summed E-state index contributed by atoms with van der Waals surface area (Å²) in [4.78, 5) is 26.7. The first-order valence-corrected chi connectivity index (χ1v) is 12.7. The van der Waals surface area contributed by atoms with Crippen molar-refractivity contribution in [2.45, 2.75) is 45.7 Å². The van der Waals surface area contributed by atoms with Gasteiger partial charge >= 0.3 is 11.9 Å². The number of carboxylic acids is 2. The van der Waals surface area contributed by atoms with Gasteiger partial charge in [-0.15, -0.1) is 0 Å². The average Bonchev–Trinajstić information content (AvgIpc) is 2.89. The van der Waals surface area contributed by atoms with Crippen LogP contribution in [0.5, 0.6) is 0 Å². The van der Waals surface area contributed by atoms with Gasteiger partial charge in [-0.05, 0) is 49.9 Å². The molecule has 0 aromatic heterocycles. The summed E-state index contributed by atoms with van der Waals surface area (Å²) in [5.41, 5.74) is 0.383. The Morgan fingerprint density at radius 2 is 1.51 bits per heavy atom. The monoisotopic (exact) mass is 495 g/mol. The maximum absolute atomic E-state index is 13.6. The minimum Gasteiger partial charge on any atom is -0.481 e. The third kappa shape index (κ3) is 4.65. The van der Waals surface area contributed by atoms with Crippen LogP contribution in [-0.4, -0.2) is 28.2 Å². The molecule has 5 heteroatoms. The van der Waals surface area contributed by atoms with Crippen LogP contribution >= 0.6 is 0 Å². The van der Waals surface area contributed by atoms with E-state index in [0.29, 0.717) is 0 Å². The fourth-order valence-electron chi connectivity index (χ4n) is 6.05. The molecule has 3 aromatic rings. The number of hydrogen-bond acceptors (Lipinski definition) is 3. The standard InChI is InChI=1S/C32H33NO4/c1-4-31(29(34)35)23(3)33-28(26-16-9-6-10-17-26)32(30(36)37,21-25-15-11-12-22(2)20-25)27(31)19-18-24-13-7-5-8-14-24/h5-17,20,23,27-28,33H,4,21H2,1-3H3,(H,34,35)(H,36,37). The van der Waals surface area contributed by atoms with E-state index in [2.05, 4.69) is 17.2 Å². The Balaban J connectivity index is 2.05. The second-order valence-corrected chi connectivity index (χ2v) is 10.0. The summed E-state index contributed by atoms with van der Waals surface area (Å²) in [5, 5.41) is 25.3. The van der Waals surface area contributed by atoms with Gasteiger partial charge in [0, 0.05) is 11.6 Å². The first kappa shape index (κ1) is 26.2. The van der Waals surface area contributed by atoms with Crippen molar-refractivity contribution in [2.24, 2.45) is 16.7 Å². The summed E-state index contributed by atoms with van der Waals surface area (Å²) in [5.74, 6) is 3.32. The fourth-order valence-corrected chi connectivity index (χ4v) is 6.05. The maximum atomic E-state index is 13.6. The zero-order chi connectivity index (χ0) is 26.6. The van der Waals surface area contributed by atoms with E-state index in [1.54, 1.807) is 0 Å². The van der Waals surface area contributed by atoms with Crippen LogP contribution in [0.15, 0.2) is 84.9 Å². The summed E-state index contributed by atoms with van der Waals surface area (Å²) in [6.07, 6.45) is 0.363. The van der Waals surface area contributed by atoms with Crippen molar-refractivity contribution in [3.63, 3.8) is 0 Å². The lowest BCUT2D eigenvalue weighted by atomic mass is 9.50. The van der Waals surface area contributed by atoms with Crippen LogP contribution in [-0.2, 0) is 16.0 Å². The van der Waals surface area contributed by atoms with Crippen molar-refractivity contribution < 1.29 is 19.8 Å². The van der Waals surface area contributed by atoms with E-state index in [-0.39, 0.29) is 12.8 Å². The summed E-state index contributed by atoms with van der Waals surface area (Å²) >= 11 is 0. The van der Waals surface area contributed by atoms with Gasteiger partial charge in [-0.25, -0.2) is 0 Å². The predicted molar refractivity (Wildman–Crippen MR) is 144 cm³/mol. The van der Waals surface area contributed by atoms with Crippen molar-refractivity contribution in [3.05, 3.63) is 107 Å². The molecule has 0 amide bonds. The Kier molecular flexibility index (Phi) is 7.52. The minimum absolute atomic E-state index is 0.131. The van der Waals surface area contributed by atoms with Crippen LogP contribution in [0.1, 0.15) is 48.6 Å². The summed E-state index contributed by atoms with van der Waals surface area (Å²) in [6, 6.07) is 25.3. The largest absolute Gasteiger partial charge is 0.481 e. The van der Waals surface area contributed by atoms with E-state index in [9.17, 15) is 19.8 Å². The number of aliphatic carboxylic acids is 2. The van der Waals surface area contributed by atoms with Crippen molar-refractivity contribution in [1.29, 1.82) is 0 Å². The molecule has 1 saturated heterocycles. The SMILES string of the molecule is CCC1(C(=O)O)C(C)NC(c2ccccc2)C(Cc2cccc(C)c2)(C(=O)O)C1C#Cc1ccccc1. The molecule has 4 rings (SSSR count). The van der Waals surface area contributed by atoms with Crippen LogP contribution < -0.4 is 5.32 Å². The molecule has 3 N–H and O–H groups in total. The first-order chi connectivity index (χ1) is 17.8. The lowest BCUT2D eigenvalue weighted by Gasteiger charge is -2.56. The van der Waals surface area contributed by atoms with Gasteiger partial charge < -0.3 is 15.5 Å². The highest BCUT2D eigenvalue weighted by atomic mass is 16.4. The van der Waals surface area contributed by atoms with Gasteiger partial charge in [-0.2, -0.15) is 0 Å². The van der Waals surface area contributed by atoms with Gasteiger partial charge in [-0.3, -0.25) is 9.59 Å². The highest BCUT2D eigenvalue weighted by molar-refractivity contribution is 5.84. The van der Waals surface area contributed by atoms with E-state index in [1.165, 1.54) is 0 Å². The molecule has 0 spiro atoms. The maximum Gasteiger partial charge on any atom is 0.313 e. The molecule has 1 aliphatic rings. The number of nitrogens with one attached hydrogen (secondary N) is 1. The molecule has 1 fully saturated rings. The van der Waals surface area contributed by atoms with E-state index in [4.69, 9.17) is 0 Å². The highest BCUT2D eigenvalue weighted by Gasteiger charge is 2.66. The van der Waals surface area contributed by atoms with E-state index >= 15 is 0 Å². The van der Waals surface area contributed by atoms with Gasteiger partial charge in [0.05, 0.1) is 17.4 Å². The second-order valence-electron chi connectivity index (χ2n) is 10.0. The molecule has 0 radical (unpaired) electrons. The molecule has 5 nitrogen and oxygen atoms in total. The Morgan fingerprint density at radius 1 is 0.892 bits per heavy atom. The van der Waals surface area contributed by atoms with Crippen molar-refractivity contribution in [1.82, 2.24) is 5.32 Å². The average molecular weight is 496 g/mol. The van der Waals surface area contributed by atoms with Crippen LogP contribution in [0, 0.1) is 35.5 Å². The molecule has 0 bridgehead atoms. The lowest BCUT2D eigenvalue weighted by Crippen LogP contribution is -2.68. The first-order valence-electron chi connectivity index (χ1n) is 12.7. The molecular weight excluding hydrogens is 462 g/mol. The number of benzene rings is 3. The zero-order valence-corrected chi connectivity index (χ0v) is 21.4. The number of carbonyl (C=O) groups is 2. The molecule has 5 unspecified atom stereocenters. The van der Waals surface area contributed by atoms with Gasteiger partial charge in [-0.1, -0.05) is 97.1 Å². The van der Waals surface area contributed by atoms with E-state index in [1.807, 2.05) is 106 Å². The van der Waals surface area contributed by atoms with Gasteiger partial charge in [0.1, 0.15) is 5.41 Å². The molecule has 0 saturated carbocycles. The third-order valence-electron chi connectivity index (χ3n) is 7.96. The van der Waals surface area contributed by atoms with Gasteiger partial charge in [0.2, 0.25) is 0 Å². The Bertz CT molecular complexity index is 1330. The zero-order valence-electron chi connectivity index (χ0n) is 21.4. The number of hydrogen-bond donors (Lipinski definition) is 3. The molecule has 5 atom stereocenters. The quantitative estimate of drug-likeness (QED) is 0.394. The Labute approximate surface area is 218 Å². The molecule has 37 heavy (non-hydrogen) atoms. The fraction of sp³-hybridized carbons (Fsp3) is 0.312. The van der Waals surface area contributed by atoms with Crippen molar-refractivity contribution in [3.8, 4) is 11.8 Å². The Hall–Kier alpha value is -3.88. The van der Waals surface area contributed by atoms with Crippen LogP contribution in [0.25, 0.3) is 0 Å². The van der Waals surface area contributed by atoms with E-state index < -0.39 is 40.8 Å². The number of piperidine rings is 1. The number of aryl methyl sites for hydroxylation is 1. The molecule has 1 aliphatic heterocycles. The minimum atomic E-state index is -1.56. The lowest BCUT2D eigenvalue weighted by molar-refractivity contribution is -0.176. The van der Waals surface area contributed by atoms with Crippen molar-refractivity contribution in [2.75, 3.05) is 0 Å². The van der Waals surface area contributed by atoms with Crippen molar-refractivity contribution >= 4 is 11.9 Å². The highest BCUT2D eigenvalue weighted by Crippen LogP contribution is 2.57. The Morgan fingerprint density at radius 3 is 2.08 bits per heavy atom. The smallest absolute Gasteiger partial charge is 0.313 e. The molecular formula is C32H33NO4. The number of carboxylic acid groups (broad SMARTS) is 2. The molecule has 1 heterocycles. The summed E-state index contributed by atoms with van der Waals surface area (Å²) in [7, 11) is 0. The third-order valence-corrected chi connectivity index (χ3v) is 7.96.